The number of para-hydroxylation sites is 1. The molecular weight excluding hydrogens is 342 g/mol. The number of piperidine rings is 1. The number of hydrogen-bond acceptors (Lipinski definition) is 4. The van der Waals surface area contributed by atoms with Crippen LogP contribution in [-0.4, -0.2) is 39.6 Å². The Morgan fingerprint density at radius 1 is 0.923 bits per heavy atom. The summed E-state index contributed by atoms with van der Waals surface area (Å²) in [5, 5.41) is 1.88. The molecule has 0 aliphatic carbocycles. The lowest BCUT2D eigenvalue weighted by Gasteiger charge is -2.26. The molecule has 1 aromatic heterocycles. The molecule has 1 aliphatic rings. The summed E-state index contributed by atoms with van der Waals surface area (Å²) < 4.78 is 0. The lowest BCUT2D eigenvalue weighted by atomic mass is 10.1. The Balaban J connectivity index is 1.61. The highest BCUT2D eigenvalue weighted by Gasteiger charge is 2.18. The summed E-state index contributed by atoms with van der Waals surface area (Å²) in [4.78, 5) is 24.0. The van der Waals surface area contributed by atoms with Gasteiger partial charge in [-0.1, -0.05) is 60.3 Å². The minimum atomic E-state index is 0.207. The van der Waals surface area contributed by atoms with E-state index < -0.39 is 0 Å². The molecule has 0 unspecified atom stereocenters. The van der Waals surface area contributed by atoms with Crippen molar-refractivity contribution in [1.29, 1.82) is 0 Å². The maximum absolute atomic E-state index is 12.5. The van der Waals surface area contributed by atoms with Crippen molar-refractivity contribution in [1.82, 2.24) is 14.9 Å². The lowest BCUT2D eigenvalue weighted by molar-refractivity contribution is -0.129. The van der Waals surface area contributed by atoms with Gasteiger partial charge in [-0.15, -0.1) is 0 Å². The molecule has 1 amide bonds. The smallest absolute Gasteiger partial charge is 0.232 e. The van der Waals surface area contributed by atoms with Gasteiger partial charge in [0.25, 0.3) is 0 Å². The second kappa shape index (κ2) is 7.87. The molecule has 3 aromatic rings. The van der Waals surface area contributed by atoms with Crippen LogP contribution in [0.1, 0.15) is 19.3 Å². The van der Waals surface area contributed by atoms with Gasteiger partial charge >= 0.3 is 0 Å². The molecule has 0 radical (unpaired) electrons. The average Bonchev–Trinajstić information content (AvgIpc) is 2.73. The van der Waals surface area contributed by atoms with E-state index in [-0.39, 0.29) is 5.91 Å². The zero-order valence-corrected chi connectivity index (χ0v) is 15.4. The standard InChI is InChI=1S/C21H21N3OS/c25-19(24-13-7-2-8-14-24)15-26-21-17-11-5-6-12-18(17)22-20(23-21)16-9-3-1-4-10-16/h1,3-6,9-12H,2,7-8,13-15H2. The minimum Gasteiger partial charge on any atom is -0.342 e. The van der Waals surface area contributed by atoms with Gasteiger partial charge < -0.3 is 4.90 Å². The average molecular weight is 363 g/mol. The van der Waals surface area contributed by atoms with Crippen LogP contribution >= 0.6 is 11.8 Å². The molecule has 0 saturated carbocycles. The topological polar surface area (TPSA) is 46.1 Å². The van der Waals surface area contributed by atoms with E-state index in [1.807, 2.05) is 59.5 Å². The third-order valence-electron chi connectivity index (χ3n) is 4.64. The SMILES string of the molecule is O=C(CSc1nc(-c2ccccc2)nc2ccccc12)N1CCCCC1. The number of carbonyl (C=O) groups excluding carboxylic acids is 1. The fourth-order valence-corrected chi connectivity index (χ4v) is 4.16. The molecule has 5 heteroatoms. The van der Waals surface area contributed by atoms with Crippen LogP contribution in [0.15, 0.2) is 59.6 Å². The maximum atomic E-state index is 12.5. The lowest BCUT2D eigenvalue weighted by Crippen LogP contribution is -2.36. The van der Waals surface area contributed by atoms with Crippen LogP contribution in [-0.2, 0) is 4.79 Å². The summed E-state index contributed by atoms with van der Waals surface area (Å²) in [6.07, 6.45) is 3.46. The largest absolute Gasteiger partial charge is 0.342 e. The molecule has 1 aliphatic heterocycles. The van der Waals surface area contributed by atoms with Crippen molar-refractivity contribution in [3.05, 3.63) is 54.6 Å². The number of hydrogen-bond donors (Lipinski definition) is 0. The Morgan fingerprint density at radius 2 is 1.65 bits per heavy atom. The van der Waals surface area contributed by atoms with Gasteiger partial charge in [0.05, 0.1) is 11.3 Å². The number of benzene rings is 2. The van der Waals surface area contributed by atoms with Crippen molar-refractivity contribution in [2.75, 3.05) is 18.8 Å². The van der Waals surface area contributed by atoms with Crippen LogP contribution in [0, 0.1) is 0 Å². The second-order valence-electron chi connectivity index (χ2n) is 6.47. The van der Waals surface area contributed by atoms with E-state index in [1.54, 1.807) is 0 Å². The Labute approximate surface area is 157 Å². The van der Waals surface area contributed by atoms with E-state index in [2.05, 4.69) is 0 Å². The van der Waals surface area contributed by atoms with Crippen molar-refractivity contribution in [2.45, 2.75) is 24.3 Å². The monoisotopic (exact) mass is 363 g/mol. The van der Waals surface area contributed by atoms with E-state index in [0.29, 0.717) is 11.6 Å². The molecule has 0 bridgehead atoms. The third-order valence-corrected chi connectivity index (χ3v) is 5.62. The number of likely N-dealkylation sites (tertiary alicyclic amines) is 1. The number of amides is 1. The summed E-state index contributed by atoms with van der Waals surface area (Å²) in [7, 11) is 0. The summed E-state index contributed by atoms with van der Waals surface area (Å²) in [5.41, 5.74) is 1.90. The number of aromatic nitrogens is 2. The van der Waals surface area contributed by atoms with Gasteiger partial charge in [0, 0.05) is 24.0 Å². The normalized spacial score (nSPS) is 14.5. The van der Waals surface area contributed by atoms with Gasteiger partial charge in [0.15, 0.2) is 5.82 Å². The fourth-order valence-electron chi connectivity index (χ4n) is 3.24. The van der Waals surface area contributed by atoms with Crippen molar-refractivity contribution in [2.24, 2.45) is 0 Å². The number of fused-ring (bicyclic) bond motifs is 1. The molecule has 132 valence electrons. The zero-order valence-electron chi connectivity index (χ0n) is 14.6. The fraction of sp³-hybridized carbons (Fsp3) is 0.286. The summed E-state index contributed by atoms with van der Waals surface area (Å²) >= 11 is 1.52. The highest BCUT2D eigenvalue weighted by atomic mass is 32.2. The van der Waals surface area contributed by atoms with E-state index in [1.165, 1.54) is 18.2 Å². The number of carbonyl (C=O) groups is 1. The van der Waals surface area contributed by atoms with Gasteiger partial charge in [-0.25, -0.2) is 9.97 Å². The van der Waals surface area contributed by atoms with Gasteiger partial charge in [-0.2, -0.15) is 0 Å². The van der Waals surface area contributed by atoms with Crippen LogP contribution in [0.2, 0.25) is 0 Å². The molecule has 4 rings (SSSR count). The first kappa shape index (κ1) is 17.0. The highest BCUT2D eigenvalue weighted by Crippen LogP contribution is 2.28. The zero-order chi connectivity index (χ0) is 17.8. The summed E-state index contributed by atoms with van der Waals surface area (Å²) in [6, 6.07) is 18.0. The summed E-state index contributed by atoms with van der Waals surface area (Å²) in [6.45, 7) is 1.78. The van der Waals surface area contributed by atoms with Gasteiger partial charge in [-0.3, -0.25) is 4.79 Å². The van der Waals surface area contributed by atoms with Crippen LogP contribution in [0.5, 0.6) is 0 Å². The Morgan fingerprint density at radius 3 is 2.46 bits per heavy atom. The maximum Gasteiger partial charge on any atom is 0.232 e. The molecule has 4 nitrogen and oxygen atoms in total. The molecule has 2 heterocycles. The summed E-state index contributed by atoms with van der Waals surface area (Å²) in [5.74, 6) is 1.34. The first-order chi connectivity index (χ1) is 12.8. The Hall–Kier alpha value is -2.40. The molecule has 0 N–H and O–H groups in total. The van der Waals surface area contributed by atoms with Gasteiger partial charge in [-0.05, 0) is 25.3 Å². The van der Waals surface area contributed by atoms with Crippen LogP contribution in [0.4, 0.5) is 0 Å². The first-order valence-electron chi connectivity index (χ1n) is 9.04. The minimum absolute atomic E-state index is 0.207. The van der Waals surface area contributed by atoms with E-state index in [0.717, 1.165) is 47.4 Å². The van der Waals surface area contributed by atoms with E-state index in [9.17, 15) is 4.79 Å². The van der Waals surface area contributed by atoms with Gasteiger partial charge in [0.1, 0.15) is 5.03 Å². The number of rotatable bonds is 4. The third kappa shape index (κ3) is 3.73. The van der Waals surface area contributed by atoms with Gasteiger partial charge in [0.2, 0.25) is 5.91 Å². The molecule has 0 spiro atoms. The van der Waals surface area contributed by atoms with Crippen LogP contribution in [0.3, 0.4) is 0 Å². The number of thioether (sulfide) groups is 1. The van der Waals surface area contributed by atoms with Crippen LogP contribution in [0.25, 0.3) is 22.3 Å². The molecule has 1 saturated heterocycles. The first-order valence-corrected chi connectivity index (χ1v) is 10.0. The highest BCUT2D eigenvalue weighted by molar-refractivity contribution is 8.00. The Bertz CT molecular complexity index is 908. The molecule has 2 aromatic carbocycles. The number of nitrogens with zero attached hydrogens (tertiary/aromatic N) is 3. The molecule has 0 atom stereocenters. The molecule has 26 heavy (non-hydrogen) atoms. The predicted octanol–water partition coefficient (Wildman–Crippen LogP) is 4.40. The van der Waals surface area contributed by atoms with Crippen molar-refractivity contribution in [3.8, 4) is 11.4 Å². The van der Waals surface area contributed by atoms with Crippen molar-refractivity contribution in [3.63, 3.8) is 0 Å². The van der Waals surface area contributed by atoms with Crippen molar-refractivity contribution >= 4 is 28.6 Å². The Kier molecular flexibility index (Phi) is 5.16. The van der Waals surface area contributed by atoms with E-state index >= 15 is 0 Å². The second-order valence-corrected chi connectivity index (χ2v) is 7.43. The predicted molar refractivity (Wildman–Crippen MR) is 106 cm³/mol. The quantitative estimate of drug-likeness (QED) is 0.509. The van der Waals surface area contributed by atoms with Crippen molar-refractivity contribution < 1.29 is 4.79 Å². The molecular formula is C21H21N3OS. The van der Waals surface area contributed by atoms with E-state index in [4.69, 9.17) is 9.97 Å². The van der Waals surface area contributed by atoms with Crippen LogP contribution < -0.4 is 0 Å². The molecule has 1 fully saturated rings.